The van der Waals surface area contributed by atoms with E-state index >= 15 is 0 Å². The van der Waals surface area contributed by atoms with Crippen molar-refractivity contribution in [1.29, 1.82) is 0 Å². The van der Waals surface area contributed by atoms with Crippen molar-refractivity contribution in [1.82, 2.24) is 25.3 Å². The van der Waals surface area contributed by atoms with Crippen molar-refractivity contribution in [2.45, 2.75) is 26.7 Å². The molecule has 0 aliphatic rings. The summed E-state index contributed by atoms with van der Waals surface area (Å²) in [6.45, 7) is 7.35. The minimum atomic E-state index is -4.94. The number of hydrogen-bond donors (Lipinski definition) is 2. The maximum Gasteiger partial charge on any atom is 2.00 e. The normalized spacial score (nSPS) is 11.5. The van der Waals surface area contributed by atoms with Gasteiger partial charge in [0.25, 0.3) is 0 Å². The van der Waals surface area contributed by atoms with E-state index < -0.39 is 10.2 Å². The number of nitrogens with zero attached hydrogens (tertiary/aromatic N) is 5. The number of aryl methyl sites for hydroxylation is 2. The number of imidazole rings is 2. The molecule has 0 spiro atoms. The molecule has 2 aromatic heterocycles. The predicted molar refractivity (Wildman–Crippen MR) is 92.6 cm³/mol. The first-order valence-electron chi connectivity index (χ1n) is 8.54. The van der Waals surface area contributed by atoms with E-state index in [0.717, 1.165) is 62.1 Å². The Kier molecular flexibility index (Phi) is 14.4. The van der Waals surface area contributed by atoms with Gasteiger partial charge in [0, 0.05) is 31.7 Å². The first kappa shape index (κ1) is 27.4. The van der Waals surface area contributed by atoms with Gasteiger partial charge in [-0.05, 0) is 45.5 Å². The van der Waals surface area contributed by atoms with E-state index in [0.29, 0.717) is 0 Å². The summed E-state index contributed by atoms with van der Waals surface area (Å²) in [6.07, 6.45) is 9.23. The van der Waals surface area contributed by atoms with Crippen LogP contribution in [0.3, 0.4) is 0 Å². The average molecular weight is 477 g/mol. The Morgan fingerprint density at radius 3 is 2.03 bits per heavy atom. The van der Waals surface area contributed by atoms with E-state index in [2.05, 4.69) is 35.2 Å². The van der Waals surface area contributed by atoms with Gasteiger partial charge in [0.2, 0.25) is 0 Å². The molecule has 0 aliphatic carbocycles. The van der Waals surface area contributed by atoms with Gasteiger partial charge in [0.1, 0.15) is 5.82 Å². The summed E-state index contributed by atoms with van der Waals surface area (Å²) in [5, 5.41) is 3.39. The van der Waals surface area contributed by atoms with Crippen LogP contribution in [-0.4, -0.2) is 53.6 Å². The Labute approximate surface area is 182 Å². The van der Waals surface area contributed by atoms with Gasteiger partial charge < -0.3 is 20.3 Å². The smallest absolute Gasteiger partial charge is 0.446 e. The predicted octanol–water partition coefficient (Wildman–Crippen LogP) is -3.47. The largest absolute Gasteiger partial charge is 2.00 e. The molecule has 0 amide bonds. The zero-order valence-corrected chi connectivity index (χ0v) is 17.8. The molecule has 2 aromatic rings. The van der Waals surface area contributed by atoms with Crippen molar-refractivity contribution in [3.8, 4) is 0 Å². The molecular formula is C16H24ClCuN7O4. The Bertz CT molecular complexity index is 671. The van der Waals surface area contributed by atoms with Gasteiger partial charge >= 0.3 is 17.1 Å². The minimum absolute atomic E-state index is 0. The topological polar surface area (TPSA) is 185 Å². The van der Waals surface area contributed by atoms with Gasteiger partial charge in [-0.25, -0.2) is 23.6 Å². The van der Waals surface area contributed by atoms with Gasteiger partial charge in [-0.1, -0.05) is 12.0 Å². The van der Waals surface area contributed by atoms with E-state index in [1.165, 1.54) is 0 Å². The van der Waals surface area contributed by atoms with Crippen molar-refractivity contribution in [3.05, 3.63) is 35.4 Å². The summed E-state index contributed by atoms with van der Waals surface area (Å²) in [4.78, 5) is 24.3. The van der Waals surface area contributed by atoms with Crippen LogP contribution in [0.15, 0.2) is 22.4 Å². The SMILES string of the molecule is Cc1nc(C=NCCCNCCCN=Cc2c[nH]c(C)n2)c[n-]1.[Cu+2].[O-][Cl+3]([O-])([O-])[O-]. The number of H-pyrrole nitrogens is 1. The minimum Gasteiger partial charge on any atom is -0.446 e. The molecule has 13 heteroatoms. The summed E-state index contributed by atoms with van der Waals surface area (Å²) in [5.41, 5.74) is 1.72. The van der Waals surface area contributed by atoms with Crippen molar-refractivity contribution >= 4 is 12.4 Å². The second kappa shape index (κ2) is 15.2. The molecule has 0 saturated carbocycles. The van der Waals surface area contributed by atoms with E-state index in [4.69, 9.17) is 18.6 Å². The van der Waals surface area contributed by atoms with Gasteiger partial charge in [0.05, 0.1) is 5.69 Å². The van der Waals surface area contributed by atoms with Gasteiger partial charge in [-0.2, -0.15) is 0 Å². The van der Waals surface area contributed by atoms with E-state index in [1.807, 2.05) is 26.3 Å². The Balaban J connectivity index is 0.00000117. The van der Waals surface area contributed by atoms with Crippen LogP contribution in [0, 0.1) is 24.1 Å². The van der Waals surface area contributed by atoms with Crippen LogP contribution in [0.1, 0.15) is 35.9 Å². The monoisotopic (exact) mass is 476 g/mol. The molecule has 0 unspecified atom stereocenters. The quantitative estimate of drug-likeness (QED) is 0.201. The maximum absolute atomic E-state index is 8.49. The Hall–Kier alpha value is -1.63. The molecule has 165 valence electrons. The van der Waals surface area contributed by atoms with Crippen LogP contribution in [0.2, 0.25) is 0 Å². The number of nitrogens with one attached hydrogen (secondary N) is 2. The van der Waals surface area contributed by atoms with Crippen molar-refractivity contribution in [3.63, 3.8) is 0 Å². The fourth-order valence-electron chi connectivity index (χ4n) is 2.00. The fourth-order valence-corrected chi connectivity index (χ4v) is 2.00. The van der Waals surface area contributed by atoms with Crippen LogP contribution in [0.4, 0.5) is 0 Å². The van der Waals surface area contributed by atoms with Crippen molar-refractivity contribution in [2.75, 3.05) is 26.2 Å². The van der Waals surface area contributed by atoms with Crippen molar-refractivity contribution < 1.29 is 45.9 Å². The van der Waals surface area contributed by atoms with E-state index in [9.17, 15) is 0 Å². The van der Waals surface area contributed by atoms with Crippen LogP contribution >= 0.6 is 0 Å². The van der Waals surface area contributed by atoms with Crippen LogP contribution in [-0.2, 0) is 17.1 Å². The number of aromatic amines is 1. The van der Waals surface area contributed by atoms with Gasteiger partial charge in [-0.3, -0.25) is 9.98 Å². The molecule has 2 heterocycles. The van der Waals surface area contributed by atoms with Gasteiger partial charge in [0.15, 0.2) is 0 Å². The van der Waals surface area contributed by atoms with Gasteiger partial charge in [-0.15, -0.1) is 10.2 Å². The van der Waals surface area contributed by atoms with Crippen LogP contribution in [0.5, 0.6) is 0 Å². The van der Waals surface area contributed by atoms with Crippen LogP contribution < -0.4 is 28.9 Å². The fraction of sp³-hybridized carbons (Fsp3) is 0.500. The number of aliphatic imine (C=N–C) groups is 2. The average Bonchev–Trinajstić information content (AvgIpc) is 3.19. The molecule has 1 radical (unpaired) electrons. The number of halogens is 1. The molecule has 2 N–H and O–H groups in total. The summed E-state index contributed by atoms with van der Waals surface area (Å²) in [5.74, 6) is 1.70. The molecule has 0 aliphatic heterocycles. The third-order valence-electron chi connectivity index (χ3n) is 3.13. The molecule has 11 nitrogen and oxygen atoms in total. The molecule has 0 saturated heterocycles. The second-order valence-corrected chi connectivity index (χ2v) is 6.41. The maximum atomic E-state index is 8.49. The zero-order chi connectivity index (χ0) is 20.8. The molecule has 0 bridgehead atoms. The summed E-state index contributed by atoms with van der Waals surface area (Å²) in [7, 11) is -4.94. The summed E-state index contributed by atoms with van der Waals surface area (Å²) >= 11 is 0. The van der Waals surface area contributed by atoms with Crippen LogP contribution in [0.25, 0.3) is 0 Å². The third-order valence-corrected chi connectivity index (χ3v) is 3.13. The molecule has 0 fully saturated rings. The number of hydrogen-bond acceptors (Lipinski definition) is 9. The Morgan fingerprint density at radius 1 is 1.03 bits per heavy atom. The first-order chi connectivity index (χ1) is 13.2. The second-order valence-electron chi connectivity index (χ2n) is 5.66. The number of aromatic nitrogens is 4. The number of rotatable bonds is 10. The molecule has 0 aromatic carbocycles. The zero-order valence-electron chi connectivity index (χ0n) is 16.1. The molecule has 29 heavy (non-hydrogen) atoms. The first-order valence-corrected chi connectivity index (χ1v) is 9.78. The molecule has 2 rings (SSSR count). The summed E-state index contributed by atoms with van der Waals surface area (Å²) < 4.78 is 34.0. The molecule has 0 atom stereocenters. The van der Waals surface area contributed by atoms with Crippen molar-refractivity contribution in [2.24, 2.45) is 9.98 Å². The summed E-state index contributed by atoms with van der Waals surface area (Å²) in [6, 6.07) is 0. The molecular weight excluding hydrogens is 453 g/mol. The standard InChI is InChI=1S/C16H24N7.ClHO4.Cu/c1-13-20-11-15(22-13)9-18-7-3-5-17-6-4-8-19-10-16-12-21-14(2)23-16;2-1(3,4)5;/h9-12,17H,3-8H2,1-2H3,(H-,20,21,22,23);(H,2,3,4,5);/q-1;;+2/p-1. The van der Waals surface area contributed by atoms with E-state index in [-0.39, 0.29) is 17.1 Å². The Morgan fingerprint density at radius 2 is 1.59 bits per heavy atom. The third kappa shape index (κ3) is 17.0. The van der Waals surface area contributed by atoms with E-state index in [1.54, 1.807) is 12.4 Å².